The van der Waals surface area contributed by atoms with Crippen molar-refractivity contribution in [1.29, 1.82) is 0 Å². The van der Waals surface area contributed by atoms with Crippen molar-refractivity contribution in [2.24, 2.45) is 12.5 Å². The minimum absolute atomic E-state index is 0.0152. The zero-order valence-electron chi connectivity index (χ0n) is 14.8. The first-order valence-electron chi connectivity index (χ1n) is 8.28. The zero-order valence-corrected chi connectivity index (χ0v) is 14.8. The summed E-state index contributed by atoms with van der Waals surface area (Å²) in [6, 6.07) is 0. The Morgan fingerprint density at radius 3 is 2.50 bits per heavy atom. The first-order chi connectivity index (χ1) is 11.4. The van der Waals surface area contributed by atoms with E-state index in [1.165, 1.54) is 0 Å². The van der Waals surface area contributed by atoms with Crippen molar-refractivity contribution in [2.45, 2.75) is 32.1 Å². The maximum absolute atomic E-state index is 12.6. The molecule has 1 aliphatic carbocycles. The molecular weight excluding hydrogens is 304 g/mol. The van der Waals surface area contributed by atoms with Crippen molar-refractivity contribution in [3.05, 3.63) is 18.2 Å². The van der Waals surface area contributed by atoms with Gasteiger partial charge in [-0.25, -0.2) is 4.98 Å². The molecule has 0 unspecified atom stereocenters. The van der Waals surface area contributed by atoms with E-state index in [1.54, 1.807) is 36.4 Å². The predicted molar refractivity (Wildman–Crippen MR) is 91.9 cm³/mol. The van der Waals surface area contributed by atoms with Crippen LogP contribution in [-0.4, -0.2) is 58.4 Å². The summed E-state index contributed by atoms with van der Waals surface area (Å²) >= 11 is 0. The lowest BCUT2D eigenvalue weighted by Gasteiger charge is -2.41. The van der Waals surface area contributed by atoms with Gasteiger partial charge in [0.1, 0.15) is 0 Å². The van der Waals surface area contributed by atoms with Gasteiger partial charge < -0.3 is 14.4 Å². The van der Waals surface area contributed by atoms with Crippen molar-refractivity contribution in [3.8, 4) is 12.3 Å². The van der Waals surface area contributed by atoms with Gasteiger partial charge in [-0.3, -0.25) is 9.59 Å². The number of imidazole rings is 1. The Bertz CT molecular complexity index is 640. The molecule has 1 aliphatic rings. The molecule has 130 valence electrons. The summed E-state index contributed by atoms with van der Waals surface area (Å²) in [5, 5.41) is 0. The van der Waals surface area contributed by atoms with Crippen LogP contribution in [-0.2, 0) is 23.1 Å². The van der Waals surface area contributed by atoms with E-state index in [2.05, 4.69) is 10.9 Å². The number of carbonyl (C=O) groups excluding carboxylic acids is 2. The Morgan fingerprint density at radius 1 is 1.33 bits per heavy atom. The molecule has 0 radical (unpaired) electrons. The number of likely N-dealkylation sites (N-methyl/N-ethyl adjacent to an activating group) is 2. The number of carbonyl (C=O) groups is 2. The van der Waals surface area contributed by atoms with Gasteiger partial charge in [0.15, 0.2) is 0 Å². The van der Waals surface area contributed by atoms with Crippen LogP contribution >= 0.6 is 0 Å². The van der Waals surface area contributed by atoms with Gasteiger partial charge in [-0.1, -0.05) is 6.42 Å². The predicted octanol–water partition coefficient (Wildman–Crippen LogP) is 1.07. The third-order valence-corrected chi connectivity index (χ3v) is 5.00. The summed E-state index contributed by atoms with van der Waals surface area (Å²) < 4.78 is 1.83. The van der Waals surface area contributed by atoms with E-state index in [-0.39, 0.29) is 17.2 Å². The minimum atomic E-state index is -0.360. The van der Waals surface area contributed by atoms with Crippen LogP contribution in [0.15, 0.2) is 12.5 Å². The van der Waals surface area contributed by atoms with E-state index in [4.69, 9.17) is 6.42 Å². The highest BCUT2D eigenvalue weighted by Crippen LogP contribution is 2.45. The highest BCUT2D eigenvalue weighted by atomic mass is 16.2. The monoisotopic (exact) mass is 330 g/mol. The lowest BCUT2D eigenvalue weighted by atomic mass is 9.66. The fourth-order valence-electron chi connectivity index (χ4n) is 3.04. The third-order valence-electron chi connectivity index (χ3n) is 5.00. The first kappa shape index (κ1) is 18.1. The molecule has 6 heteroatoms. The molecule has 1 aromatic heterocycles. The van der Waals surface area contributed by atoms with Crippen LogP contribution in [0.5, 0.6) is 0 Å². The minimum Gasteiger partial charge on any atom is -0.344 e. The van der Waals surface area contributed by atoms with Crippen molar-refractivity contribution >= 4 is 11.8 Å². The molecule has 2 amide bonds. The highest BCUT2D eigenvalue weighted by molar-refractivity contribution is 5.84. The van der Waals surface area contributed by atoms with Gasteiger partial charge in [-0.05, 0) is 12.8 Å². The third kappa shape index (κ3) is 3.78. The van der Waals surface area contributed by atoms with Gasteiger partial charge in [0.05, 0.1) is 18.2 Å². The van der Waals surface area contributed by atoms with Crippen LogP contribution in [0.1, 0.15) is 31.4 Å². The molecule has 0 bridgehead atoms. The molecule has 0 aliphatic heterocycles. The molecular formula is C18H26N4O2. The Morgan fingerprint density at radius 2 is 2.00 bits per heavy atom. The van der Waals surface area contributed by atoms with Crippen LogP contribution in [0, 0.1) is 17.8 Å². The van der Waals surface area contributed by atoms with Gasteiger partial charge in [0.2, 0.25) is 11.8 Å². The molecule has 0 aromatic carbocycles. The number of hydrogen-bond acceptors (Lipinski definition) is 3. The summed E-state index contributed by atoms with van der Waals surface area (Å²) in [5.41, 5.74) is 0.513. The fraction of sp³-hybridized carbons (Fsp3) is 0.611. The van der Waals surface area contributed by atoms with Crippen LogP contribution in [0.2, 0.25) is 0 Å². The maximum atomic E-state index is 12.6. The highest BCUT2D eigenvalue weighted by Gasteiger charge is 2.44. The Kier molecular flexibility index (Phi) is 5.66. The van der Waals surface area contributed by atoms with E-state index in [0.29, 0.717) is 25.9 Å². The molecule has 0 N–H and O–H groups in total. The molecule has 1 aromatic rings. The van der Waals surface area contributed by atoms with E-state index in [0.717, 1.165) is 25.0 Å². The summed E-state index contributed by atoms with van der Waals surface area (Å²) in [4.78, 5) is 32.3. The summed E-state index contributed by atoms with van der Waals surface area (Å²) in [5.74, 6) is 2.76. The maximum Gasteiger partial charge on any atom is 0.229 e. The van der Waals surface area contributed by atoms with Gasteiger partial charge in [-0.2, -0.15) is 0 Å². The van der Waals surface area contributed by atoms with Crippen molar-refractivity contribution in [3.63, 3.8) is 0 Å². The quantitative estimate of drug-likeness (QED) is 0.703. The number of hydrogen-bond donors (Lipinski definition) is 0. The van der Waals surface area contributed by atoms with Gasteiger partial charge in [0, 0.05) is 52.5 Å². The zero-order chi connectivity index (χ0) is 17.7. The average Bonchev–Trinajstić information content (AvgIpc) is 2.92. The molecule has 1 saturated carbocycles. The van der Waals surface area contributed by atoms with Crippen LogP contribution in [0.25, 0.3) is 0 Å². The molecule has 0 saturated heterocycles. The summed E-state index contributed by atoms with van der Waals surface area (Å²) in [7, 11) is 5.42. The molecule has 2 rings (SSSR count). The van der Waals surface area contributed by atoms with Crippen LogP contribution < -0.4 is 0 Å². The number of aromatic nitrogens is 2. The second-order valence-electron chi connectivity index (χ2n) is 6.73. The Balaban J connectivity index is 1.83. The average molecular weight is 330 g/mol. The van der Waals surface area contributed by atoms with E-state index in [1.807, 2.05) is 11.6 Å². The number of rotatable bonds is 7. The second kappa shape index (κ2) is 7.52. The molecule has 24 heavy (non-hydrogen) atoms. The summed E-state index contributed by atoms with van der Waals surface area (Å²) in [6.07, 6.45) is 12.4. The summed E-state index contributed by atoms with van der Waals surface area (Å²) in [6.45, 7) is 1.02. The number of nitrogens with zero attached hydrogens (tertiary/aromatic N) is 4. The smallest absolute Gasteiger partial charge is 0.229 e. The standard InChI is InChI=1S/C18H26N4O2/c1-5-7-18(8-6-9-18)17(24)21(3)11-10-20(2)16(23)12-15-13-19-14-22(15)4/h1,13-14H,6-12H2,2-4H3. The van der Waals surface area contributed by atoms with Crippen molar-refractivity contribution in [2.75, 3.05) is 27.2 Å². The Labute approximate surface area is 143 Å². The van der Waals surface area contributed by atoms with E-state index >= 15 is 0 Å². The molecule has 6 nitrogen and oxygen atoms in total. The molecule has 0 atom stereocenters. The molecule has 1 heterocycles. The van der Waals surface area contributed by atoms with Crippen LogP contribution in [0.4, 0.5) is 0 Å². The number of aryl methyl sites for hydroxylation is 1. The lowest BCUT2D eigenvalue weighted by molar-refractivity contribution is -0.146. The number of amides is 2. The van der Waals surface area contributed by atoms with Crippen molar-refractivity contribution in [1.82, 2.24) is 19.4 Å². The molecule has 0 spiro atoms. The first-order valence-corrected chi connectivity index (χ1v) is 8.28. The normalized spacial score (nSPS) is 15.2. The van der Waals surface area contributed by atoms with Gasteiger partial charge in [-0.15, -0.1) is 12.3 Å². The van der Waals surface area contributed by atoms with E-state index < -0.39 is 0 Å². The topological polar surface area (TPSA) is 58.4 Å². The van der Waals surface area contributed by atoms with Crippen molar-refractivity contribution < 1.29 is 9.59 Å². The Hall–Kier alpha value is -2.29. The van der Waals surface area contributed by atoms with Gasteiger partial charge >= 0.3 is 0 Å². The SMILES string of the molecule is C#CCC1(C(=O)N(C)CCN(C)C(=O)Cc2cncn2C)CCC1. The largest absolute Gasteiger partial charge is 0.344 e. The fourth-order valence-corrected chi connectivity index (χ4v) is 3.04. The number of terminal acetylenes is 1. The van der Waals surface area contributed by atoms with E-state index in [9.17, 15) is 9.59 Å². The lowest BCUT2D eigenvalue weighted by Crippen LogP contribution is -2.48. The molecule has 1 fully saturated rings. The van der Waals surface area contributed by atoms with Crippen LogP contribution in [0.3, 0.4) is 0 Å². The van der Waals surface area contributed by atoms with Gasteiger partial charge in [0.25, 0.3) is 0 Å². The second-order valence-corrected chi connectivity index (χ2v) is 6.73.